The summed E-state index contributed by atoms with van der Waals surface area (Å²) in [4.78, 5) is 15.2. The molecule has 0 aromatic carbocycles. The molecule has 0 saturated heterocycles. The smallest absolute Gasteiger partial charge is 0.234 e. The molecule has 1 amide bonds. The number of rotatable bonds is 6. The topological polar surface area (TPSA) is 71.8 Å². The van der Waals surface area contributed by atoms with Crippen LogP contribution in [0.4, 0.5) is 0 Å². The van der Waals surface area contributed by atoms with Crippen LogP contribution in [0.5, 0.6) is 0 Å². The maximum absolute atomic E-state index is 11.4. The number of hydrogen-bond acceptors (Lipinski definition) is 4. The molecule has 0 aliphatic rings. The summed E-state index contributed by atoms with van der Waals surface area (Å²) in [5.74, 6) is 0.0143. The van der Waals surface area contributed by atoms with E-state index < -0.39 is 0 Å². The first-order valence-electron chi connectivity index (χ1n) is 5.43. The first-order chi connectivity index (χ1) is 7.58. The van der Waals surface area contributed by atoms with Crippen LogP contribution in [-0.4, -0.2) is 39.3 Å². The van der Waals surface area contributed by atoms with Gasteiger partial charge in [0.2, 0.25) is 5.91 Å². The average Bonchev–Trinajstić information content (AvgIpc) is 2.66. The summed E-state index contributed by atoms with van der Waals surface area (Å²) < 4.78 is 1.73. The molecule has 6 heteroatoms. The van der Waals surface area contributed by atoms with Crippen molar-refractivity contribution in [3.8, 4) is 0 Å². The number of nitrogens with zero attached hydrogens (tertiary/aromatic N) is 3. The minimum absolute atomic E-state index is 0.0143. The van der Waals surface area contributed by atoms with Crippen LogP contribution in [0.1, 0.15) is 20.8 Å². The first kappa shape index (κ1) is 12.6. The molecular formula is C10H19N5O. The van der Waals surface area contributed by atoms with Crippen LogP contribution in [-0.2, 0) is 11.3 Å². The summed E-state index contributed by atoms with van der Waals surface area (Å²) in [5, 5.41) is 9.94. The normalized spacial score (nSPS) is 12.8. The lowest BCUT2D eigenvalue weighted by molar-refractivity contribution is -0.120. The maximum atomic E-state index is 11.4. The Bertz CT molecular complexity index is 309. The van der Waals surface area contributed by atoms with Crippen molar-refractivity contribution in [1.29, 1.82) is 0 Å². The van der Waals surface area contributed by atoms with Crippen molar-refractivity contribution >= 4 is 5.91 Å². The molecule has 90 valence electrons. The van der Waals surface area contributed by atoms with E-state index in [9.17, 15) is 4.79 Å². The van der Waals surface area contributed by atoms with Crippen LogP contribution in [0, 0.1) is 0 Å². The van der Waals surface area contributed by atoms with E-state index in [1.165, 1.54) is 6.33 Å². The SMILES string of the molecule is CC(C)NC(=O)CN[C@@H](C)Cn1cncn1. The Kier molecular flexibility index (Phi) is 4.91. The molecule has 1 heterocycles. The van der Waals surface area contributed by atoms with Gasteiger partial charge in [-0.15, -0.1) is 0 Å². The molecule has 1 rings (SSSR count). The highest BCUT2D eigenvalue weighted by Crippen LogP contribution is 1.88. The lowest BCUT2D eigenvalue weighted by Gasteiger charge is -2.14. The minimum atomic E-state index is 0.0143. The van der Waals surface area contributed by atoms with E-state index in [1.807, 2.05) is 20.8 Å². The second-order valence-corrected chi connectivity index (χ2v) is 4.12. The standard InChI is InChI=1S/C10H19N5O/c1-8(2)14-10(16)4-12-9(3)5-15-7-11-6-13-15/h6-9,12H,4-5H2,1-3H3,(H,14,16)/t9-/m0/s1. The van der Waals surface area contributed by atoms with Gasteiger partial charge in [-0.2, -0.15) is 5.10 Å². The average molecular weight is 225 g/mol. The van der Waals surface area contributed by atoms with Gasteiger partial charge < -0.3 is 10.6 Å². The van der Waals surface area contributed by atoms with Gasteiger partial charge in [0.15, 0.2) is 0 Å². The van der Waals surface area contributed by atoms with Gasteiger partial charge in [0.05, 0.1) is 13.1 Å². The Balaban J connectivity index is 2.20. The Morgan fingerprint density at radius 3 is 2.75 bits per heavy atom. The van der Waals surface area contributed by atoms with Crippen molar-refractivity contribution in [2.24, 2.45) is 0 Å². The quantitative estimate of drug-likeness (QED) is 0.702. The van der Waals surface area contributed by atoms with E-state index >= 15 is 0 Å². The summed E-state index contributed by atoms with van der Waals surface area (Å²) in [6, 6.07) is 0.361. The van der Waals surface area contributed by atoms with Crippen LogP contribution in [0.3, 0.4) is 0 Å². The second-order valence-electron chi connectivity index (χ2n) is 4.12. The van der Waals surface area contributed by atoms with Crippen molar-refractivity contribution in [1.82, 2.24) is 25.4 Å². The zero-order chi connectivity index (χ0) is 12.0. The van der Waals surface area contributed by atoms with E-state index in [0.717, 1.165) is 0 Å². The van der Waals surface area contributed by atoms with Crippen LogP contribution < -0.4 is 10.6 Å². The van der Waals surface area contributed by atoms with E-state index in [1.54, 1.807) is 11.0 Å². The molecule has 0 aliphatic carbocycles. The van der Waals surface area contributed by atoms with Crippen molar-refractivity contribution in [2.45, 2.75) is 39.4 Å². The van der Waals surface area contributed by atoms with Gasteiger partial charge in [-0.05, 0) is 20.8 Å². The lowest BCUT2D eigenvalue weighted by atomic mass is 10.3. The summed E-state index contributed by atoms with van der Waals surface area (Å²) in [5.41, 5.74) is 0. The molecule has 0 spiro atoms. The number of carbonyl (C=O) groups is 1. The zero-order valence-electron chi connectivity index (χ0n) is 9.97. The van der Waals surface area contributed by atoms with Gasteiger partial charge in [0, 0.05) is 12.1 Å². The van der Waals surface area contributed by atoms with E-state index in [2.05, 4.69) is 20.7 Å². The van der Waals surface area contributed by atoms with Gasteiger partial charge >= 0.3 is 0 Å². The van der Waals surface area contributed by atoms with Crippen LogP contribution >= 0.6 is 0 Å². The number of carbonyl (C=O) groups excluding carboxylic acids is 1. The monoisotopic (exact) mass is 225 g/mol. The molecule has 1 aromatic heterocycles. The second kappa shape index (κ2) is 6.22. The third kappa shape index (κ3) is 4.88. The molecule has 0 saturated carbocycles. The fourth-order valence-corrected chi connectivity index (χ4v) is 1.31. The molecule has 0 aliphatic heterocycles. The Hall–Kier alpha value is -1.43. The molecule has 1 atom stereocenters. The molecular weight excluding hydrogens is 206 g/mol. The predicted molar refractivity (Wildman–Crippen MR) is 60.8 cm³/mol. The van der Waals surface area contributed by atoms with Crippen LogP contribution in [0.15, 0.2) is 12.7 Å². The summed E-state index contributed by atoms with van der Waals surface area (Å²) in [6.07, 6.45) is 3.16. The predicted octanol–water partition coefficient (Wildman–Crippen LogP) is -0.219. The maximum Gasteiger partial charge on any atom is 0.234 e. The highest BCUT2D eigenvalue weighted by atomic mass is 16.1. The molecule has 0 radical (unpaired) electrons. The Morgan fingerprint density at radius 2 is 2.19 bits per heavy atom. The first-order valence-corrected chi connectivity index (χ1v) is 5.43. The van der Waals surface area contributed by atoms with Gasteiger partial charge in [-0.1, -0.05) is 0 Å². The van der Waals surface area contributed by atoms with Gasteiger partial charge in [0.1, 0.15) is 12.7 Å². The van der Waals surface area contributed by atoms with Crippen molar-refractivity contribution in [2.75, 3.05) is 6.54 Å². The molecule has 1 aromatic rings. The number of hydrogen-bond donors (Lipinski definition) is 2. The van der Waals surface area contributed by atoms with E-state index in [0.29, 0.717) is 13.1 Å². The third-order valence-corrected chi connectivity index (χ3v) is 1.99. The summed E-state index contributed by atoms with van der Waals surface area (Å²) in [6.45, 7) is 6.92. The molecule has 2 N–H and O–H groups in total. The zero-order valence-corrected chi connectivity index (χ0v) is 9.97. The number of nitrogens with one attached hydrogen (secondary N) is 2. The van der Waals surface area contributed by atoms with Crippen LogP contribution in [0.25, 0.3) is 0 Å². The highest BCUT2D eigenvalue weighted by molar-refractivity contribution is 5.78. The van der Waals surface area contributed by atoms with Crippen molar-refractivity contribution in [3.05, 3.63) is 12.7 Å². The van der Waals surface area contributed by atoms with Gasteiger partial charge in [0.25, 0.3) is 0 Å². The Morgan fingerprint density at radius 1 is 1.44 bits per heavy atom. The largest absolute Gasteiger partial charge is 0.353 e. The van der Waals surface area contributed by atoms with Gasteiger partial charge in [-0.25, -0.2) is 4.98 Å². The summed E-state index contributed by atoms with van der Waals surface area (Å²) >= 11 is 0. The van der Waals surface area contributed by atoms with Crippen molar-refractivity contribution in [3.63, 3.8) is 0 Å². The van der Waals surface area contributed by atoms with Gasteiger partial charge in [-0.3, -0.25) is 9.48 Å². The van der Waals surface area contributed by atoms with Crippen LogP contribution in [0.2, 0.25) is 0 Å². The Labute approximate surface area is 95.4 Å². The third-order valence-electron chi connectivity index (χ3n) is 1.99. The minimum Gasteiger partial charge on any atom is -0.353 e. The van der Waals surface area contributed by atoms with Crippen molar-refractivity contribution < 1.29 is 4.79 Å². The fourth-order valence-electron chi connectivity index (χ4n) is 1.31. The number of amides is 1. The molecule has 0 unspecified atom stereocenters. The van der Waals surface area contributed by atoms with E-state index in [4.69, 9.17) is 0 Å². The van der Waals surface area contributed by atoms with E-state index in [-0.39, 0.29) is 18.0 Å². The lowest BCUT2D eigenvalue weighted by Crippen LogP contribution is -2.41. The summed E-state index contributed by atoms with van der Waals surface area (Å²) in [7, 11) is 0. The molecule has 16 heavy (non-hydrogen) atoms. The highest BCUT2D eigenvalue weighted by Gasteiger charge is 2.07. The number of aromatic nitrogens is 3. The molecule has 6 nitrogen and oxygen atoms in total. The molecule has 0 fully saturated rings. The molecule has 0 bridgehead atoms. The fraction of sp³-hybridized carbons (Fsp3) is 0.700.